The van der Waals surface area contributed by atoms with E-state index in [9.17, 15) is 0 Å². The first-order valence-corrected chi connectivity index (χ1v) is 6.89. The number of benzene rings is 1. The zero-order valence-electron chi connectivity index (χ0n) is 10.3. The molecule has 0 spiro atoms. The standard InChI is InChI=1S/C15H15NOS/c1-17-14-4-2-12(3-5-14)6-8-16-10-13-7-9-18-15(13)11-16/h2-5,7,9-11H,6,8H2,1H3. The third-order valence-corrected chi connectivity index (χ3v) is 4.00. The molecule has 0 aliphatic rings. The van der Waals surface area contributed by atoms with Crippen LogP contribution in [0.15, 0.2) is 48.1 Å². The summed E-state index contributed by atoms with van der Waals surface area (Å²) in [5.41, 5.74) is 1.34. The van der Waals surface area contributed by atoms with Crippen molar-refractivity contribution in [2.24, 2.45) is 0 Å². The minimum atomic E-state index is 0.917. The summed E-state index contributed by atoms with van der Waals surface area (Å²) < 4.78 is 8.79. The van der Waals surface area contributed by atoms with Gasteiger partial charge in [0.05, 0.1) is 11.8 Å². The summed E-state index contributed by atoms with van der Waals surface area (Å²) >= 11 is 1.80. The number of aryl methyl sites for hydroxylation is 2. The molecule has 0 fully saturated rings. The Morgan fingerprint density at radius 1 is 1.11 bits per heavy atom. The second-order valence-corrected chi connectivity index (χ2v) is 5.28. The molecule has 0 bridgehead atoms. The Hall–Kier alpha value is -1.74. The highest BCUT2D eigenvalue weighted by Gasteiger charge is 2.00. The highest BCUT2D eigenvalue weighted by Crippen LogP contribution is 2.21. The Morgan fingerprint density at radius 3 is 2.67 bits per heavy atom. The molecule has 2 nitrogen and oxygen atoms in total. The number of aromatic nitrogens is 1. The summed E-state index contributed by atoms with van der Waals surface area (Å²) in [4.78, 5) is 0. The summed E-state index contributed by atoms with van der Waals surface area (Å²) in [6, 6.07) is 10.5. The molecule has 0 aliphatic heterocycles. The lowest BCUT2D eigenvalue weighted by molar-refractivity contribution is 0.414. The summed E-state index contributed by atoms with van der Waals surface area (Å²) in [6.07, 6.45) is 5.49. The fourth-order valence-electron chi connectivity index (χ4n) is 2.09. The van der Waals surface area contributed by atoms with Crippen molar-refractivity contribution in [3.8, 4) is 5.75 Å². The summed E-state index contributed by atoms with van der Waals surface area (Å²) in [6.45, 7) is 1.02. The average Bonchev–Trinajstić information content (AvgIpc) is 2.97. The smallest absolute Gasteiger partial charge is 0.118 e. The van der Waals surface area contributed by atoms with Gasteiger partial charge in [0.15, 0.2) is 0 Å². The van der Waals surface area contributed by atoms with Crippen LogP contribution < -0.4 is 4.74 Å². The molecule has 2 heterocycles. The third-order valence-electron chi connectivity index (χ3n) is 3.13. The predicted octanol–water partition coefficient (Wildman–Crippen LogP) is 3.95. The van der Waals surface area contributed by atoms with E-state index in [0.29, 0.717) is 0 Å². The van der Waals surface area contributed by atoms with Crippen molar-refractivity contribution >= 4 is 21.4 Å². The van der Waals surface area contributed by atoms with Crippen molar-refractivity contribution in [1.82, 2.24) is 4.57 Å². The van der Waals surface area contributed by atoms with Gasteiger partial charge in [-0.1, -0.05) is 12.1 Å². The maximum atomic E-state index is 5.16. The Balaban J connectivity index is 1.68. The van der Waals surface area contributed by atoms with E-state index in [0.717, 1.165) is 18.7 Å². The molecule has 0 saturated carbocycles. The van der Waals surface area contributed by atoms with Gasteiger partial charge in [0.25, 0.3) is 0 Å². The summed E-state index contributed by atoms with van der Waals surface area (Å²) in [5, 5.41) is 3.48. The molecule has 0 aliphatic carbocycles. The first-order chi connectivity index (χ1) is 8.85. The first-order valence-electron chi connectivity index (χ1n) is 6.01. The second kappa shape index (κ2) is 4.86. The second-order valence-electron chi connectivity index (χ2n) is 4.33. The zero-order chi connectivity index (χ0) is 12.4. The van der Waals surface area contributed by atoms with E-state index in [1.54, 1.807) is 18.4 Å². The molecule has 0 N–H and O–H groups in total. The van der Waals surface area contributed by atoms with Crippen LogP contribution in [0.2, 0.25) is 0 Å². The fraction of sp³-hybridized carbons (Fsp3) is 0.200. The molecule has 0 saturated heterocycles. The Kier molecular flexibility index (Phi) is 3.07. The fourth-order valence-corrected chi connectivity index (χ4v) is 2.90. The average molecular weight is 257 g/mol. The lowest BCUT2D eigenvalue weighted by Crippen LogP contribution is -1.98. The van der Waals surface area contributed by atoms with Crippen molar-refractivity contribution in [2.75, 3.05) is 7.11 Å². The number of fused-ring (bicyclic) bond motifs is 1. The van der Waals surface area contributed by atoms with Crippen LogP contribution in [0.1, 0.15) is 5.56 Å². The highest BCUT2D eigenvalue weighted by molar-refractivity contribution is 7.17. The molecule has 18 heavy (non-hydrogen) atoms. The van der Waals surface area contributed by atoms with Gasteiger partial charge in [0.1, 0.15) is 5.75 Å². The van der Waals surface area contributed by atoms with E-state index in [2.05, 4.69) is 40.5 Å². The maximum Gasteiger partial charge on any atom is 0.118 e. The largest absolute Gasteiger partial charge is 0.497 e. The van der Waals surface area contributed by atoms with Gasteiger partial charge in [0, 0.05) is 24.3 Å². The van der Waals surface area contributed by atoms with E-state index < -0.39 is 0 Å². The lowest BCUT2D eigenvalue weighted by atomic mass is 10.1. The van der Waals surface area contributed by atoms with Crippen LogP contribution in [-0.4, -0.2) is 11.7 Å². The number of ether oxygens (including phenoxy) is 1. The minimum absolute atomic E-state index is 0.917. The van der Waals surface area contributed by atoms with Crippen molar-refractivity contribution in [1.29, 1.82) is 0 Å². The van der Waals surface area contributed by atoms with E-state index in [1.165, 1.54) is 15.6 Å². The van der Waals surface area contributed by atoms with Gasteiger partial charge in [-0.15, -0.1) is 11.3 Å². The SMILES string of the molecule is COc1ccc(CCn2cc3ccsc3c2)cc1. The van der Waals surface area contributed by atoms with Gasteiger partial charge >= 0.3 is 0 Å². The van der Waals surface area contributed by atoms with Crippen LogP contribution in [0.3, 0.4) is 0 Å². The first kappa shape index (κ1) is 11.4. The molecule has 0 amide bonds. The van der Waals surface area contributed by atoms with Crippen LogP contribution in [0, 0.1) is 0 Å². The van der Waals surface area contributed by atoms with Gasteiger partial charge < -0.3 is 9.30 Å². The molecule has 0 atom stereocenters. The van der Waals surface area contributed by atoms with Gasteiger partial charge in [-0.2, -0.15) is 0 Å². The van der Waals surface area contributed by atoms with Gasteiger partial charge in [-0.25, -0.2) is 0 Å². The summed E-state index contributed by atoms with van der Waals surface area (Å²) in [5.74, 6) is 0.917. The molecule has 3 aromatic rings. The molecular weight excluding hydrogens is 242 g/mol. The predicted molar refractivity (Wildman–Crippen MR) is 76.5 cm³/mol. The Bertz CT molecular complexity index is 607. The van der Waals surface area contributed by atoms with E-state index in [1.807, 2.05) is 12.1 Å². The number of rotatable bonds is 4. The summed E-state index contributed by atoms with van der Waals surface area (Å²) in [7, 11) is 1.70. The number of thiophene rings is 1. The molecule has 3 rings (SSSR count). The Morgan fingerprint density at radius 2 is 1.94 bits per heavy atom. The number of nitrogens with zero attached hydrogens (tertiary/aromatic N) is 1. The monoisotopic (exact) mass is 257 g/mol. The number of methoxy groups -OCH3 is 1. The molecule has 0 unspecified atom stereocenters. The highest BCUT2D eigenvalue weighted by atomic mass is 32.1. The lowest BCUT2D eigenvalue weighted by Gasteiger charge is -2.04. The zero-order valence-corrected chi connectivity index (χ0v) is 11.1. The van der Waals surface area contributed by atoms with Crippen LogP contribution in [-0.2, 0) is 13.0 Å². The van der Waals surface area contributed by atoms with E-state index in [-0.39, 0.29) is 0 Å². The van der Waals surface area contributed by atoms with Gasteiger partial charge in [-0.05, 0) is 35.6 Å². The number of hydrogen-bond donors (Lipinski definition) is 0. The normalized spacial score (nSPS) is 10.9. The van der Waals surface area contributed by atoms with Crippen LogP contribution in [0.25, 0.3) is 10.1 Å². The maximum absolute atomic E-state index is 5.16. The van der Waals surface area contributed by atoms with Crippen molar-refractivity contribution in [2.45, 2.75) is 13.0 Å². The van der Waals surface area contributed by atoms with Gasteiger partial charge in [0.2, 0.25) is 0 Å². The molecule has 0 radical (unpaired) electrons. The quantitative estimate of drug-likeness (QED) is 0.690. The van der Waals surface area contributed by atoms with Crippen LogP contribution >= 0.6 is 11.3 Å². The van der Waals surface area contributed by atoms with E-state index in [4.69, 9.17) is 4.74 Å². The molecule has 3 heteroatoms. The van der Waals surface area contributed by atoms with E-state index >= 15 is 0 Å². The van der Waals surface area contributed by atoms with Crippen molar-refractivity contribution < 1.29 is 4.74 Å². The molecular formula is C15H15NOS. The number of hydrogen-bond acceptors (Lipinski definition) is 2. The van der Waals surface area contributed by atoms with Crippen molar-refractivity contribution in [3.05, 3.63) is 53.7 Å². The van der Waals surface area contributed by atoms with Crippen LogP contribution in [0.4, 0.5) is 0 Å². The van der Waals surface area contributed by atoms with Gasteiger partial charge in [-0.3, -0.25) is 0 Å². The van der Waals surface area contributed by atoms with Crippen LogP contribution in [0.5, 0.6) is 5.75 Å². The minimum Gasteiger partial charge on any atom is -0.497 e. The molecule has 2 aromatic heterocycles. The topological polar surface area (TPSA) is 14.2 Å². The molecule has 1 aromatic carbocycles. The Labute approximate surface area is 110 Å². The third kappa shape index (κ3) is 2.27. The molecule has 92 valence electrons. The van der Waals surface area contributed by atoms with Crippen molar-refractivity contribution in [3.63, 3.8) is 0 Å².